The maximum atomic E-state index is 6.25. The van der Waals surface area contributed by atoms with Crippen molar-refractivity contribution >= 4 is 11.6 Å². The van der Waals surface area contributed by atoms with Crippen LogP contribution in [0.25, 0.3) is 0 Å². The lowest BCUT2D eigenvalue weighted by Gasteiger charge is -2.50. The topological polar surface area (TPSA) is 9.23 Å². The Morgan fingerprint density at radius 3 is 2.60 bits per heavy atom. The maximum Gasteiger partial charge on any atom is 0.0656 e. The molecule has 3 unspecified atom stereocenters. The van der Waals surface area contributed by atoms with Gasteiger partial charge in [-0.1, -0.05) is 33.1 Å². The van der Waals surface area contributed by atoms with Gasteiger partial charge in [-0.05, 0) is 25.2 Å². The minimum atomic E-state index is 0.237. The van der Waals surface area contributed by atoms with Crippen molar-refractivity contribution < 1.29 is 4.74 Å². The minimum absolute atomic E-state index is 0.237. The predicted octanol–water partition coefficient (Wildman–Crippen LogP) is 3.99. The van der Waals surface area contributed by atoms with Gasteiger partial charge in [-0.25, -0.2) is 0 Å². The molecule has 0 aromatic rings. The Morgan fingerprint density at radius 1 is 1.40 bits per heavy atom. The van der Waals surface area contributed by atoms with E-state index in [-0.39, 0.29) is 5.41 Å². The van der Waals surface area contributed by atoms with Gasteiger partial charge in [0, 0.05) is 17.4 Å². The second-order valence-corrected chi connectivity index (χ2v) is 6.03. The molecule has 3 atom stereocenters. The highest BCUT2D eigenvalue weighted by Gasteiger charge is 2.50. The zero-order chi connectivity index (χ0) is 10.9. The third-order valence-corrected chi connectivity index (χ3v) is 5.38. The molecule has 2 fully saturated rings. The van der Waals surface area contributed by atoms with E-state index in [0.717, 1.165) is 25.4 Å². The van der Waals surface area contributed by atoms with Crippen LogP contribution >= 0.6 is 11.6 Å². The molecule has 15 heavy (non-hydrogen) atoms. The Morgan fingerprint density at radius 2 is 2.13 bits per heavy atom. The molecule has 0 N–H and O–H groups in total. The Bertz CT molecular complexity index is 215. The van der Waals surface area contributed by atoms with Gasteiger partial charge in [-0.3, -0.25) is 0 Å². The lowest BCUT2D eigenvalue weighted by Crippen LogP contribution is -2.53. The molecule has 0 aromatic carbocycles. The summed E-state index contributed by atoms with van der Waals surface area (Å²) < 4.78 is 5.98. The summed E-state index contributed by atoms with van der Waals surface area (Å²) in [6.07, 6.45) is 8.17. The highest BCUT2D eigenvalue weighted by Crippen LogP contribution is 2.49. The van der Waals surface area contributed by atoms with Crippen LogP contribution in [0.3, 0.4) is 0 Å². The van der Waals surface area contributed by atoms with Crippen LogP contribution in [-0.2, 0) is 4.74 Å². The Kier molecular flexibility index (Phi) is 3.62. The summed E-state index contributed by atoms with van der Waals surface area (Å²) >= 11 is 6.25. The average molecular weight is 231 g/mol. The first-order valence-corrected chi connectivity index (χ1v) is 6.86. The van der Waals surface area contributed by atoms with Crippen LogP contribution in [-0.4, -0.2) is 18.1 Å². The van der Waals surface area contributed by atoms with Crippen molar-refractivity contribution in [3.63, 3.8) is 0 Å². The van der Waals surface area contributed by atoms with E-state index in [4.69, 9.17) is 16.3 Å². The summed E-state index contributed by atoms with van der Waals surface area (Å²) in [6.45, 7) is 5.44. The molecule has 0 radical (unpaired) electrons. The van der Waals surface area contributed by atoms with E-state index >= 15 is 0 Å². The monoisotopic (exact) mass is 230 g/mol. The highest BCUT2D eigenvalue weighted by atomic mass is 35.5. The van der Waals surface area contributed by atoms with E-state index in [0.29, 0.717) is 11.5 Å². The molecule has 0 spiro atoms. The predicted molar refractivity (Wildman–Crippen MR) is 64.4 cm³/mol. The highest BCUT2D eigenvalue weighted by molar-refractivity contribution is 6.21. The van der Waals surface area contributed by atoms with Gasteiger partial charge in [-0.15, -0.1) is 11.6 Å². The normalized spacial score (nSPS) is 41.0. The van der Waals surface area contributed by atoms with Crippen molar-refractivity contribution in [1.82, 2.24) is 0 Å². The van der Waals surface area contributed by atoms with Crippen LogP contribution in [0.5, 0.6) is 0 Å². The number of alkyl halides is 1. The van der Waals surface area contributed by atoms with E-state index in [1.807, 2.05) is 0 Å². The molecule has 0 aliphatic heterocycles. The SMILES string of the molecule is CCC1(C)C(Cl)CC1OCCC1CCC1. The van der Waals surface area contributed by atoms with Crippen molar-refractivity contribution in [2.45, 2.75) is 63.9 Å². The van der Waals surface area contributed by atoms with Gasteiger partial charge in [-0.2, -0.15) is 0 Å². The molecule has 2 aliphatic carbocycles. The van der Waals surface area contributed by atoms with Crippen molar-refractivity contribution in [3.05, 3.63) is 0 Å². The third-order valence-electron chi connectivity index (χ3n) is 4.70. The molecule has 2 heteroatoms. The molecule has 0 heterocycles. The summed E-state index contributed by atoms with van der Waals surface area (Å²) in [5, 5.41) is 0.330. The number of halogens is 1. The fourth-order valence-corrected chi connectivity index (χ4v) is 3.09. The van der Waals surface area contributed by atoms with Crippen LogP contribution in [0.2, 0.25) is 0 Å². The van der Waals surface area contributed by atoms with Crippen molar-refractivity contribution in [1.29, 1.82) is 0 Å². The molecule has 0 bridgehead atoms. The summed E-state index contributed by atoms with van der Waals surface area (Å²) in [5.41, 5.74) is 0.237. The Balaban J connectivity index is 1.66. The standard InChI is InChI=1S/C13H23ClO/c1-3-13(2)11(14)9-12(13)15-8-7-10-5-4-6-10/h10-12H,3-9H2,1-2H3. The van der Waals surface area contributed by atoms with Crippen LogP contribution in [0.1, 0.15) is 52.4 Å². The third kappa shape index (κ3) is 2.19. The lowest BCUT2D eigenvalue weighted by molar-refractivity contribution is -0.104. The fourth-order valence-electron chi connectivity index (χ4n) is 2.63. The van der Waals surface area contributed by atoms with Gasteiger partial charge in [0.2, 0.25) is 0 Å². The summed E-state index contributed by atoms with van der Waals surface area (Å²) in [5.74, 6) is 0.963. The molecule has 0 amide bonds. The largest absolute Gasteiger partial charge is 0.378 e. The number of hydrogen-bond acceptors (Lipinski definition) is 1. The molecular formula is C13H23ClO. The molecular weight excluding hydrogens is 208 g/mol. The van der Waals surface area contributed by atoms with Crippen molar-refractivity contribution in [2.75, 3.05) is 6.61 Å². The zero-order valence-corrected chi connectivity index (χ0v) is 10.7. The molecule has 0 saturated heterocycles. The van der Waals surface area contributed by atoms with Gasteiger partial charge in [0.15, 0.2) is 0 Å². The van der Waals surface area contributed by atoms with Gasteiger partial charge in [0.25, 0.3) is 0 Å². The van der Waals surface area contributed by atoms with Crippen molar-refractivity contribution in [3.8, 4) is 0 Å². The quantitative estimate of drug-likeness (QED) is 0.649. The molecule has 2 saturated carbocycles. The zero-order valence-electron chi connectivity index (χ0n) is 9.97. The summed E-state index contributed by atoms with van der Waals surface area (Å²) in [7, 11) is 0. The minimum Gasteiger partial charge on any atom is -0.378 e. The van der Waals surface area contributed by atoms with E-state index in [1.54, 1.807) is 0 Å². The van der Waals surface area contributed by atoms with Crippen molar-refractivity contribution in [2.24, 2.45) is 11.3 Å². The van der Waals surface area contributed by atoms with Gasteiger partial charge < -0.3 is 4.74 Å². The molecule has 0 aromatic heterocycles. The van der Waals surface area contributed by atoms with Crippen LogP contribution < -0.4 is 0 Å². The summed E-state index contributed by atoms with van der Waals surface area (Å²) in [4.78, 5) is 0. The molecule has 2 aliphatic rings. The first-order chi connectivity index (χ1) is 7.16. The first-order valence-electron chi connectivity index (χ1n) is 6.42. The average Bonchev–Trinajstić information content (AvgIpc) is 2.18. The second-order valence-electron chi connectivity index (χ2n) is 5.51. The van der Waals surface area contributed by atoms with E-state index in [2.05, 4.69) is 13.8 Å². The van der Waals surface area contributed by atoms with Gasteiger partial charge in [0.1, 0.15) is 0 Å². The lowest BCUT2D eigenvalue weighted by atomic mass is 9.65. The summed E-state index contributed by atoms with van der Waals surface area (Å²) in [6, 6.07) is 0. The number of rotatable bonds is 5. The Labute approximate surface area is 98.5 Å². The second kappa shape index (κ2) is 4.63. The Hall–Kier alpha value is 0.250. The van der Waals surface area contributed by atoms with Crippen LogP contribution in [0.15, 0.2) is 0 Å². The smallest absolute Gasteiger partial charge is 0.0656 e. The van der Waals surface area contributed by atoms with E-state index in [1.165, 1.54) is 25.7 Å². The van der Waals surface area contributed by atoms with Gasteiger partial charge in [0.05, 0.1) is 6.10 Å². The van der Waals surface area contributed by atoms with E-state index in [9.17, 15) is 0 Å². The van der Waals surface area contributed by atoms with Crippen LogP contribution in [0.4, 0.5) is 0 Å². The van der Waals surface area contributed by atoms with Crippen LogP contribution in [0, 0.1) is 11.3 Å². The maximum absolute atomic E-state index is 6.25. The molecule has 1 nitrogen and oxygen atoms in total. The number of ether oxygens (including phenoxy) is 1. The van der Waals surface area contributed by atoms with E-state index < -0.39 is 0 Å². The fraction of sp³-hybridized carbons (Fsp3) is 1.00. The number of hydrogen-bond donors (Lipinski definition) is 0. The first kappa shape index (κ1) is 11.7. The molecule has 2 rings (SSSR count). The molecule has 88 valence electrons. The van der Waals surface area contributed by atoms with Gasteiger partial charge >= 0.3 is 0 Å².